The predicted octanol–water partition coefficient (Wildman–Crippen LogP) is 6.80. The lowest BCUT2D eigenvalue weighted by molar-refractivity contribution is -0.137. The summed E-state index contributed by atoms with van der Waals surface area (Å²) in [4.78, 5) is 15.8. The molecular formula is C25H21F5N4O. The standard InChI is InChI=1S/C25H21F5N4O/c26-24(27)9-7-15(8-10-24)23(35)33-22-13-31-21-6-1-16(11-20(21)22)17-12-32-34(14-17)19-4-2-18(3-5-19)25(28,29)30/h1-6,11-15,31H,7-10H2,(H,33,35). The maximum absolute atomic E-state index is 13.4. The largest absolute Gasteiger partial charge is 0.416 e. The number of carbonyl (C=O) groups excluding carboxylic acids is 1. The Hall–Kier alpha value is -3.69. The minimum atomic E-state index is -4.41. The molecule has 35 heavy (non-hydrogen) atoms. The average molecular weight is 488 g/mol. The molecule has 5 rings (SSSR count). The number of hydrogen-bond acceptors (Lipinski definition) is 2. The Bertz CT molecular complexity index is 1360. The lowest BCUT2D eigenvalue weighted by atomic mass is 9.86. The Morgan fingerprint density at radius 3 is 2.46 bits per heavy atom. The predicted molar refractivity (Wildman–Crippen MR) is 121 cm³/mol. The van der Waals surface area contributed by atoms with E-state index in [1.54, 1.807) is 18.6 Å². The highest BCUT2D eigenvalue weighted by Crippen LogP contribution is 2.37. The van der Waals surface area contributed by atoms with Crippen LogP contribution in [0.25, 0.3) is 27.7 Å². The van der Waals surface area contributed by atoms with E-state index in [2.05, 4.69) is 15.4 Å². The fourth-order valence-corrected chi connectivity index (χ4v) is 4.36. The van der Waals surface area contributed by atoms with Gasteiger partial charge in [-0.3, -0.25) is 4.79 Å². The number of fused-ring (bicyclic) bond motifs is 1. The molecule has 0 unspecified atom stereocenters. The van der Waals surface area contributed by atoms with Gasteiger partial charge in [-0.05, 0) is 54.8 Å². The van der Waals surface area contributed by atoms with Crippen LogP contribution in [0.5, 0.6) is 0 Å². The van der Waals surface area contributed by atoms with Crippen LogP contribution in [-0.2, 0) is 11.0 Å². The zero-order valence-electron chi connectivity index (χ0n) is 18.4. The van der Waals surface area contributed by atoms with Crippen LogP contribution < -0.4 is 5.32 Å². The van der Waals surface area contributed by atoms with Crippen LogP contribution in [0.2, 0.25) is 0 Å². The highest BCUT2D eigenvalue weighted by molar-refractivity contribution is 6.03. The summed E-state index contributed by atoms with van der Waals surface area (Å²) in [5.74, 6) is -3.43. The van der Waals surface area contributed by atoms with Crippen LogP contribution in [0.1, 0.15) is 31.2 Å². The Balaban J connectivity index is 1.35. The smallest absolute Gasteiger partial charge is 0.359 e. The van der Waals surface area contributed by atoms with Crippen LogP contribution in [-0.4, -0.2) is 26.6 Å². The molecule has 0 aliphatic heterocycles. The third-order valence-corrected chi connectivity index (χ3v) is 6.40. The number of nitrogens with zero attached hydrogens (tertiary/aromatic N) is 2. The van der Waals surface area contributed by atoms with Crippen LogP contribution in [0.4, 0.5) is 27.6 Å². The van der Waals surface area contributed by atoms with Crippen molar-refractivity contribution in [3.05, 3.63) is 66.6 Å². The molecule has 2 N–H and O–H groups in total. The average Bonchev–Trinajstić information content (AvgIpc) is 3.46. The molecule has 0 radical (unpaired) electrons. The van der Waals surface area contributed by atoms with Gasteiger partial charge in [0.15, 0.2) is 0 Å². The molecule has 1 aliphatic rings. The molecule has 2 aromatic carbocycles. The highest BCUT2D eigenvalue weighted by Gasteiger charge is 2.37. The van der Waals surface area contributed by atoms with Crippen molar-refractivity contribution >= 4 is 22.5 Å². The van der Waals surface area contributed by atoms with Crippen molar-refractivity contribution in [2.75, 3.05) is 5.32 Å². The number of aromatic nitrogens is 3. The van der Waals surface area contributed by atoms with Crippen molar-refractivity contribution in [2.24, 2.45) is 5.92 Å². The normalized spacial score (nSPS) is 16.5. The van der Waals surface area contributed by atoms with E-state index in [1.165, 1.54) is 16.8 Å². The van der Waals surface area contributed by atoms with E-state index in [4.69, 9.17) is 0 Å². The fraction of sp³-hybridized carbons (Fsp3) is 0.280. The minimum Gasteiger partial charge on any atom is -0.359 e. The molecule has 2 aromatic heterocycles. The summed E-state index contributed by atoms with van der Waals surface area (Å²) in [6, 6.07) is 10.3. The second-order valence-electron chi connectivity index (χ2n) is 8.80. The molecule has 4 aromatic rings. The summed E-state index contributed by atoms with van der Waals surface area (Å²) in [7, 11) is 0. The van der Waals surface area contributed by atoms with E-state index < -0.39 is 23.6 Å². The molecule has 1 saturated carbocycles. The van der Waals surface area contributed by atoms with Crippen molar-refractivity contribution < 1.29 is 26.7 Å². The minimum absolute atomic E-state index is 0.148. The van der Waals surface area contributed by atoms with Crippen molar-refractivity contribution in [1.29, 1.82) is 0 Å². The van der Waals surface area contributed by atoms with Crippen molar-refractivity contribution in [3.8, 4) is 16.8 Å². The van der Waals surface area contributed by atoms with Crippen molar-refractivity contribution in [2.45, 2.75) is 37.8 Å². The molecule has 0 atom stereocenters. The molecular weight excluding hydrogens is 467 g/mol. The maximum atomic E-state index is 13.4. The van der Waals surface area contributed by atoms with Gasteiger partial charge >= 0.3 is 6.18 Å². The number of H-pyrrole nitrogens is 1. The molecule has 5 nitrogen and oxygen atoms in total. The Morgan fingerprint density at radius 2 is 1.77 bits per heavy atom. The molecule has 2 heterocycles. The Labute approximate surface area is 196 Å². The van der Waals surface area contributed by atoms with E-state index in [1.807, 2.05) is 18.2 Å². The van der Waals surface area contributed by atoms with Crippen molar-refractivity contribution in [1.82, 2.24) is 14.8 Å². The lowest BCUT2D eigenvalue weighted by Gasteiger charge is -2.27. The summed E-state index contributed by atoms with van der Waals surface area (Å²) >= 11 is 0. The molecule has 1 fully saturated rings. The van der Waals surface area contributed by atoms with E-state index in [0.29, 0.717) is 11.4 Å². The molecule has 0 saturated heterocycles. The molecule has 0 spiro atoms. The highest BCUT2D eigenvalue weighted by atomic mass is 19.4. The number of amides is 1. The number of aromatic amines is 1. The first kappa shape index (κ1) is 23.1. The van der Waals surface area contributed by atoms with Gasteiger partial charge in [-0.25, -0.2) is 13.5 Å². The number of anilines is 1. The SMILES string of the molecule is O=C(Nc1c[nH]c2ccc(-c3cnn(-c4ccc(C(F)(F)F)cc4)c3)cc12)C1CCC(F)(F)CC1. The topological polar surface area (TPSA) is 62.7 Å². The lowest BCUT2D eigenvalue weighted by Crippen LogP contribution is -2.31. The molecule has 182 valence electrons. The Morgan fingerprint density at radius 1 is 1.06 bits per heavy atom. The third kappa shape index (κ3) is 4.78. The fourth-order valence-electron chi connectivity index (χ4n) is 4.36. The zero-order valence-corrected chi connectivity index (χ0v) is 18.4. The van der Waals surface area contributed by atoms with Gasteiger partial charge in [-0.1, -0.05) is 6.07 Å². The van der Waals surface area contributed by atoms with Gasteiger partial charge in [-0.2, -0.15) is 18.3 Å². The van der Waals surface area contributed by atoms with Gasteiger partial charge in [0.25, 0.3) is 0 Å². The van der Waals surface area contributed by atoms with Gasteiger partial charge in [-0.15, -0.1) is 0 Å². The first-order valence-electron chi connectivity index (χ1n) is 11.1. The molecule has 0 bridgehead atoms. The van der Waals surface area contributed by atoms with Crippen LogP contribution in [0.3, 0.4) is 0 Å². The first-order valence-corrected chi connectivity index (χ1v) is 11.1. The van der Waals surface area contributed by atoms with E-state index in [0.717, 1.165) is 34.2 Å². The number of carbonyl (C=O) groups is 1. The van der Waals surface area contributed by atoms with Gasteiger partial charge < -0.3 is 10.3 Å². The van der Waals surface area contributed by atoms with Crippen LogP contribution >= 0.6 is 0 Å². The summed E-state index contributed by atoms with van der Waals surface area (Å²) in [6.07, 6.45) is 0.288. The van der Waals surface area contributed by atoms with Crippen LogP contribution in [0, 0.1) is 5.92 Å². The van der Waals surface area contributed by atoms with Gasteiger partial charge in [0.1, 0.15) is 0 Å². The monoisotopic (exact) mass is 488 g/mol. The maximum Gasteiger partial charge on any atom is 0.416 e. The van der Waals surface area contributed by atoms with Gasteiger partial charge in [0.05, 0.1) is 23.1 Å². The number of hydrogen-bond donors (Lipinski definition) is 2. The van der Waals surface area contributed by atoms with Gasteiger partial charge in [0, 0.05) is 47.6 Å². The van der Waals surface area contributed by atoms with E-state index in [-0.39, 0.29) is 31.6 Å². The second kappa shape index (κ2) is 8.51. The van der Waals surface area contributed by atoms with Crippen LogP contribution in [0.15, 0.2) is 61.1 Å². The number of alkyl halides is 5. The molecule has 1 aliphatic carbocycles. The first-order chi connectivity index (χ1) is 16.6. The van der Waals surface area contributed by atoms with Gasteiger partial charge in [0.2, 0.25) is 11.8 Å². The van der Waals surface area contributed by atoms with Crippen molar-refractivity contribution in [3.63, 3.8) is 0 Å². The number of rotatable bonds is 4. The summed E-state index contributed by atoms with van der Waals surface area (Å²) in [5, 5.41) is 7.87. The second-order valence-corrected chi connectivity index (χ2v) is 8.80. The summed E-state index contributed by atoms with van der Waals surface area (Å²) in [5.41, 5.74) is 2.62. The Kier molecular flexibility index (Phi) is 5.61. The number of halogens is 5. The molecule has 1 amide bonds. The quantitative estimate of drug-likeness (QED) is 0.310. The zero-order chi connectivity index (χ0) is 24.8. The number of nitrogens with one attached hydrogen (secondary N) is 2. The summed E-state index contributed by atoms with van der Waals surface area (Å²) in [6.45, 7) is 0. The van der Waals surface area contributed by atoms with E-state index in [9.17, 15) is 26.7 Å². The molecule has 10 heteroatoms. The van der Waals surface area contributed by atoms with E-state index >= 15 is 0 Å². The summed E-state index contributed by atoms with van der Waals surface area (Å²) < 4.78 is 66.8. The number of benzene rings is 2. The third-order valence-electron chi connectivity index (χ3n) is 6.40.